The second kappa shape index (κ2) is 11.7. The number of hydrazone groups is 1. The molecule has 2 heterocycles. The van der Waals surface area contributed by atoms with Gasteiger partial charge in [-0.15, -0.1) is 0 Å². The quantitative estimate of drug-likeness (QED) is 0.184. The number of rotatable bonds is 6. The molecule has 1 saturated heterocycles. The zero-order valence-electron chi connectivity index (χ0n) is 19.3. The number of morpholine rings is 1. The molecule has 1 fully saturated rings. The summed E-state index contributed by atoms with van der Waals surface area (Å²) in [6.45, 7) is 1.72. The van der Waals surface area contributed by atoms with E-state index in [1.165, 1.54) is 12.1 Å². The molecule has 1 aromatic heterocycles. The topological polar surface area (TPSA) is 112 Å². The summed E-state index contributed by atoms with van der Waals surface area (Å²) >= 11 is 9.39. The number of allylic oxidation sites excluding steroid dienone is 2. The van der Waals surface area contributed by atoms with Crippen LogP contribution >= 0.6 is 27.5 Å². The van der Waals surface area contributed by atoms with E-state index >= 15 is 0 Å². The molecule has 1 aromatic carbocycles. The number of hydrogen-bond acceptors (Lipinski definition) is 8. The number of ether oxygens (including phenoxy) is 1. The van der Waals surface area contributed by atoms with Crippen LogP contribution in [0.4, 0.5) is 35.0 Å². The second-order valence-electron chi connectivity index (χ2n) is 8.14. The number of carbonyl (C=O) groups is 1. The van der Waals surface area contributed by atoms with Gasteiger partial charge in [-0.2, -0.15) is 23.3 Å². The fraction of sp³-hybridized carbons (Fsp3) is 0.304. The Balaban J connectivity index is 1.54. The van der Waals surface area contributed by atoms with Crippen LogP contribution in [0, 0.1) is 11.7 Å². The molecule has 202 valence electrons. The van der Waals surface area contributed by atoms with Gasteiger partial charge in [-0.05, 0) is 24.3 Å². The van der Waals surface area contributed by atoms with Crippen LogP contribution in [-0.4, -0.2) is 58.3 Å². The third-order valence-electron chi connectivity index (χ3n) is 5.60. The zero-order chi connectivity index (χ0) is 27.4. The van der Waals surface area contributed by atoms with E-state index in [2.05, 4.69) is 41.7 Å². The predicted octanol–water partition coefficient (Wildman–Crippen LogP) is 4.84. The number of hydrogen-bond donors (Lipinski definition) is 3. The lowest BCUT2D eigenvalue weighted by molar-refractivity contribution is -0.137. The highest BCUT2D eigenvalue weighted by atomic mass is 79.9. The highest BCUT2D eigenvalue weighted by Gasteiger charge is 2.36. The smallest absolute Gasteiger partial charge is 0.416 e. The maximum Gasteiger partial charge on any atom is 0.416 e. The molecular weight excluding hydrogens is 600 g/mol. The van der Waals surface area contributed by atoms with Gasteiger partial charge in [0.2, 0.25) is 11.9 Å². The van der Waals surface area contributed by atoms with E-state index in [0.717, 1.165) is 30.6 Å². The molecule has 0 spiro atoms. The number of amides is 1. The normalized spacial score (nSPS) is 20.5. The summed E-state index contributed by atoms with van der Waals surface area (Å²) in [5, 5.41) is 16.9. The highest BCUT2D eigenvalue weighted by Crippen LogP contribution is 2.35. The Morgan fingerprint density at radius 3 is 2.76 bits per heavy atom. The Hall–Kier alpha value is -3.23. The number of halogens is 6. The number of nitrogens with one attached hydrogen (secondary N) is 2. The average molecular weight is 620 g/mol. The van der Waals surface area contributed by atoms with Crippen LogP contribution < -0.4 is 15.6 Å². The number of anilines is 3. The molecule has 2 unspecified atom stereocenters. The van der Waals surface area contributed by atoms with Gasteiger partial charge in [0.1, 0.15) is 5.76 Å². The Kier molecular flexibility index (Phi) is 8.53. The van der Waals surface area contributed by atoms with Crippen molar-refractivity contribution in [2.75, 3.05) is 41.9 Å². The molecule has 2 aliphatic rings. The number of aliphatic hydroxyl groups excluding tert-OH is 1. The molecule has 1 aliphatic heterocycles. The lowest BCUT2D eigenvalue weighted by Crippen LogP contribution is -2.37. The third-order valence-corrected chi connectivity index (χ3v) is 6.70. The van der Waals surface area contributed by atoms with E-state index in [9.17, 15) is 27.5 Å². The van der Waals surface area contributed by atoms with Gasteiger partial charge in [-0.1, -0.05) is 33.6 Å². The molecule has 4 rings (SSSR count). The summed E-state index contributed by atoms with van der Waals surface area (Å²) in [5.41, 5.74) is 1.47. The minimum Gasteiger partial charge on any atom is -0.506 e. The summed E-state index contributed by atoms with van der Waals surface area (Å²) in [6, 6.07) is 4.14. The van der Waals surface area contributed by atoms with Crippen molar-refractivity contribution < 1.29 is 32.2 Å². The number of aliphatic hydroxyl groups is 1. The monoisotopic (exact) mass is 618 g/mol. The van der Waals surface area contributed by atoms with Crippen molar-refractivity contribution in [3.8, 4) is 0 Å². The second-order valence-corrected chi connectivity index (χ2v) is 9.61. The Morgan fingerprint density at radius 1 is 1.32 bits per heavy atom. The lowest BCUT2D eigenvalue weighted by atomic mass is 9.90. The van der Waals surface area contributed by atoms with Gasteiger partial charge in [-0.3, -0.25) is 4.79 Å². The van der Waals surface area contributed by atoms with Gasteiger partial charge in [0.05, 0.1) is 47.0 Å². The molecule has 0 saturated carbocycles. The minimum absolute atomic E-state index is 0.0353. The van der Waals surface area contributed by atoms with Gasteiger partial charge in [0.25, 0.3) is 0 Å². The molecule has 1 aliphatic carbocycles. The SMILES string of the molecule is O=C(Nc1cccc(C(F)(F)F)c1)C1C(/C=N\Nc2ncc(F)c(N3CCOCC3)n2)=C(O)C(Cl)=CC1Br. The van der Waals surface area contributed by atoms with E-state index in [1.807, 2.05) is 0 Å². The van der Waals surface area contributed by atoms with Crippen LogP contribution in [0.5, 0.6) is 0 Å². The first-order valence-corrected chi connectivity index (χ1v) is 12.4. The van der Waals surface area contributed by atoms with E-state index in [1.54, 1.807) is 4.90 Å². The van der Waals surface area contributed by atoms with E-state index in [4.69, 9.17) is 16.3 Å². The van der Waals surface area contributed by atoms with Crippen LogP contribution in [0.2, 0.25) is 0 Å². The van der Waals surface area contributed by atoms with E-state index < -0.39 is 40.0 Å². The van der Waals surface area contributed by atoms with Gasteiger partial charge >= 0.3 is 6.18 Å². The van der Waals surface area contributed by atoms with Crippen molar-refractivity contribution >= 4 is 57.1 Å². The standard InChI is InChI=1S/C23H20BrClF4N6O3/c24-15-9-16(25)19(36)14(18(15)21(37)32-13-3-1-2-12(8-13)23(27,28)29)10-31-34-22-30-11-17(26)20(33-22)35-4-6-38-7-5-35/h1-3,8-11,15,18,36H,4-7H2,(H,32,37)(H,30,33,34)/b31-10-. The Labute approximate surface area is 227 Å². The Morgan fingerprint density at radius 2 is 2.05 bits per heavy atom. The maximum atomic E-state index is 14.3. The van der Waals surface area contributed by atoms with Crippen molar-refractivity contribution in [2.24, 2.45) is 11.0 Å². The summed E-state index contributed by atoms with van der Waals surface area (Å²) in [6.07, 6.45) is -1.13. The van der Waals surface area contributed by atoms with E-state index in [0.29, 0.717) is 26.3 Å². The molecule has 1 amide bonds. The summed E-state index contributed by atoms with van der Waals surface area (Å²) < 4.78 is 58.7. The summed E-state index contributed by atoms with van der Waals surface area (Å²) in [4.78, 5) is 22.0. The fourth-order valence-corrected chi connectivity index (χ4v) is 4.95. The number of nitrogens with zero attached hydrogens (tertiary/aromatic N) is 4. The maximum absolute atomic E-state index is 14.3. The third kappa shape index (κ3) is 6.42. The fourth-order valence-electron chi connectivity index (χ4n) is 3.76. The number of aromatic nitrogens is 2. The number of alkyl halides is 4. The predicted molar refractivity (Wildman–Crippen MR) is 137 cm³/mol. The van der Waals surface area contributed by atoms with Crippen molar-refractivity contribution in [3.05, 3.63) is 64.3 Å². The van der Waals surface area contributed by atoms with E-state index in [-0.39, 0.29) is 28.1 Å². The van der Waals surface area contributed by atoms with Gasteiger partial charge in [0, 0.05) is 24.4 Å². The Bertz CT molecular complexity index is 1300. The highest BCUT2D eigenvalue weighted by molar-refractivity contribution is 9.09. The first-order chi connectivity index (χ1) is 18.0. The summed E-state index contributed by atoms with van der Waals surface area (Å²) in [5.74, 6) is -2.93. The zero-order valence-corrected chi connectivity index (χ0v) is 21.7. The van der Waals surface area contributed by atoms with Crippen LogP contribution in [0.15, 0.2) is 58.0 Å². The lowest BCUT2D eigenvalue weighted by Gasteiger charge is -2.28. The first kappa shape index (κ1) is 27.8. The van der Waals surface area contributed by atoms with Crippen LogP contribution in [0.3, 0.4) is 0 Å². The van der Waals surface area contributed by atoms with Crippen molar-refractivity contribution in [1.82, 2.24) is 9.97 Å². The van der Waals surface area contributed by atoms with Crippen LogP contribution in [-0.2, 0) is 15.7 Å². The van der Waals surface area contributed by atoms with Gasteiger partial charge in [0.15, 0.2) is 11.6 Å². The van der Waals surface area contributed by atoms with Gasteiger partial charge in [-0.25, -0.2) is 14.8 Å². The van der Waals surface area contributed by atoms with Crippen molar-refractivity contribution in [1.29, 1.82) is 0 Å². The largest absolute Gasteiger partial charge is 0.506 e. The molecule has 2 atom stereocenters. The molecule has 15 heteroatoms. The molecule has 3 N–H and O–H groups in total. The molecular formula is C23H20BrClF4N6O3. The average Bonchev–Trinajstić information content (AvgIpc) is 2.88. The van der Waals surface area contributed by atoms with Crippen LogP contribution in [0.1, 0.15) is 5.56 Å². The molecule has 2 aromatic rings. The number of carbonyl (C=O) groups excluding carboxylic acids is 1. The first-order valence-electron chi connectivity index (χ1n) is 11.1. The summed E-state index contributed by atoms with van der Waals surface area (Å²) in [7, 11) is 0. The van der Waals surface area contributed by atoms with Gasteiger partial charge < -0.3 is 20.1 Å². The van der Waals surface area contributed by atoms with Crippen molar-refractivity contribution in [3.63, 3.8) is 0 Å². The molecule has 38 heavy (non-hydrogen) atoms. The molecule has 9 nitrogen and oxygen atoms in total. The van der Waals surface area contributed by atoms with Crippen LogP contribution in [0.25, 0.3) is 0 Å². The van der Waals surface area contributed by atoms with Crippen molar-refractivity contribution in [2.45, 2.75) is 11.0 Å². The number of benzene rings is 1. The minimum atomic E-state index is -4.59. The molecule has 0 radical (unpaired) electrons. The molecule has 0 bridgehead atoms.